The molecule has 1 aromatic carbocycles. The SMILES string of the molecule is O=C(NCC1(c2ccc(Cl)cc2)CCC1)c1cccnc1. The molecular weight excluding hydrogens is 284 g/mol. The number of hydrogen-bond donors (Lipinski definition) is 1. The first-order chi connectivity index (χ1) is 10.2. The minimum Gasteiger partial charge on any atom is -0.351 e. The molecule has 21 heavy (non-hydrogen) atoms. The van der Waals surface area contributed by atoms with Crippen LogP contribution in [0.5, 0.6) is 0 Å². The molecule has 1 aliphatic rings. The summed E-state index contributed by atoms with van der Waals surface area (Å²) >= 11 is 5.95. The average molecular weight is 301 g/mol. The van der Waals surface area contributed by atoms with Gasteiger partial charge in [0.2, 0.25) is 0 Å². The lowest BCUT2D eigenvalue weighted by atomic mass is 9.64. The molecule has 0 spiro atoms. The Morgan fingerprint density at radius 1 is 1.24 bits per heavy atom. The highest BCUT2D eigenvalue weighted by molar-refractivity contribution is 6.30. The predicted octanol–water partition coefficient (Wildman–Crippen LogP) is 3.59. The second-order valence-corrected chi connectivity index (χ2v) is 6.00. The van der Waals surface area contributed by atoms with Crippen LogP contribution in [0, 0.1) is 0 Å². The third kappa shape index (κ3) is 2.93. The van der Waals surface area contributed by atoms with Gasteiger partial charge >= 0.3 is 0 Å². The lowest BCUT2D eigenvalue weighted by Crippen LogP contribution is -2.45. The Morgan fingerprint density at radius 3 is 2.57 bits per heavy atom. The molecule has 0 saturated heterocycles. The van der Waals surface area contributed by atoms with Crippen molar-refractivity contribution in [1.29, 1.82) is 0 Å². The molecule has 0 atom stereocenters. The number of pyridine rings is 1. The van der Waals surface area contributed by atoms with Gasteiger partial charge in [-0.2, -0.15) is 0 Å². The minimum atomic E-state index is -0.0664. The quantitative estimate of drug-likeness (QED) is 0.937. The fourth-order valence-corrected chi connectivity index (χ4v) is 2.95. The molecule has 1 heterocycles. The number of nitrogens with zero attached hydrogens (tertiary/aromatic N) is 1. The molecule has 1 amide bonds. The Labute approximate surface area is 129 Å². The maximum absolute atomic E-state index is 12.1. The largest absolute Gasteiger partial charge is 0.351 e. The van der Waals surface area contributed by atoms with Crippen LogP contribution in [-0.4, -0.2) is 17.4 Å². The van der Waals surface area contributed by atoms with Crippen molar-refractivity contribution in [3.8, 4) is 0 Å². The third-order valence-corrected chi connectivity index (χ3v) is 4.53. The third-order valence-electron chi connectivity index (χ3n) is 4.28. The molecule has 108 valence electrons. The summed E-state index contributed by atoms with van der Waals surface area (Å²) in [5, 5.41) is 3.79. The van der Waals surface area contributed by atoms with E-state index in [4.69, 9.17) is 11.6 Å². The van der Waals surface area contributed by atoms with Gasteiger partial charge in [0.05, 0.1) is 5.56 Å². The van der Waals surface area contributed by atoms with Crippen LogP contribution in [0.3, 0.4) is 0 Å². The number of carbonyl (C=O) groups excluding carboxylic acids is 1. The monoisotopic (exact) mass is 300 g/mol. The highest BCUT2D eigenvalue weighted by atomic mass is 35.5. The van der Waals surface area contributed by atoms with Gasteiger partial charge in [-0.3, -0.25) is 9.78 Å². The van der Waals surface area contributed by atoms with Crippen molar-refractivity contribution in [2.45, 2.75) is 24.7 Å². The van der Waals surface area contributed by atoms with Crippen molar-refractivity contribution in [3.05, 3.63) is 64.9 Å². The zero-order valence-corrected chi connectivity index (χ0v) is 12.4. The van der Waals surface area contributed by atoms with Gasteiger partial charge in [-0.1, -0.05) is 30.2 Å². The number of hydrogen-bond acceptors (Lipinski definition) is 2. The summed E-state index contributed by atoms with van der Waals surface area (Å²) in [5.41, 5.74) is 1.91. The van der Waals surface area contributed by atoms with E-state index < -0.39 is 0 Å². The number of rotatable bonds is 4. The average Bonchev–Trinajstić information content (AvgIpc) is 2.48. The Bertz CT molecular complexity index is 621. The lowest BCUT2D eigenvalue weighted by Gasteiger charge is -2.42. The standard InChI is InChI=1S/C17H17ClN2O/c18-15-6-4-14(5-7-15)17(8-2-9-17)12-20-16(21)13-3-1-10-19-11-13/h1,3-7,10-11H,2,8-9,12H2,(H,20,21). The van der Waals surface area contributed by atoms with Crippen LogP contribution >= 0.6 is 11.6 Å². The first-order valence-electron chi connectivity index (χ1n) is 7.14. The summed E-state index contributed by atoms with van der Waals surface area (Å²) in [4.78, 5) is 16.1. The van der Waals surface area contributed by atoms with Crippen LogP contribution in [-0.2, 0) is 5.41 Å². The molecule has 1 aromatic heterocycles. The molecule has 1 fully saturated rings. The van der Waals surface area contributed by atoms with Crippen molar-refractivity contribution in [2.24, 2.45) is 0 Å². The Balaban J connectivity index is 1.70. The molecule has 0 radical (unpaired) electrons. The fraction of sp³-hybridized carbons (Fsp3) is 0.294. The van der Waals surface area contributed by atoms with Crippen molar-refractivity contribution in [1.82, 2.24) is 10.3 Å². The molecule has 4 heteroatoms. The first-order valence-corrected chi connectivity index (χ1v) is 7.52. The van der Waals surface area contributed by atoms with E-state index in [1.165, 1.54) is 12.0 Å². The van der Waals surface area contributed by atoms with Crippen molar-refractivity contribution in [2.75, 3.05) is 6.54 Å². The van der Waals surface area contributed by atoms with Gasteiger partial charge < -0.3 is 5.32 Å². The van der Waals surface area contributed by atoms with E-state index in [0.717, 1.165) is 17.9 Å². The Hall–Kier alpha value is -1.87. The van der Waals surface area contributed by atoms with E-state index in [1.807, 2.05) is 12.1 Å². The van der Waals surface area contributed by atoms with Crippen molar-refractivity contribution < 1.29 is 4.79 Å². The summed E-state index contributed by atoms with van der Waals surface area (Å²) in [6.45, 7) is 0.655. The lowest BCUT2D eigenvalue weighted by molar-refractivity contribution is 0.0927. The van der Waals surface area contributed by atoms with Crippen molar-refractivity contribution in [3.63, 3.8) is 0 Å². The topological polar surface area (TPSA) is 42.0 Å². The van der Waals surface area contributed by atoms with Crippen LogP contribution in [0.2, 0.25) is 5.02 Å². The second-order valence-electron chi connectivity index (χ2n) is 5.57. The van der Waals surface area contributed by atoms with E-state index in [-0.39, 0.29) is 11.3 Å². The molecule has 0 bridgehead atoms. The minimum absolute atomic E-state index is 0.0580. The van der Waals surface area contributed by atoms with Gasteiger partial charge in [-0.05, 0) is 42.7 Å². The summed E-state index contributed by atoms with van der Waals surface area (Å²) in [6, 6.07) is 11.5. The molecular formula is C17H17ClN2O. The fourth-order valence-electron chi connectivity index (χ4n) is 2.82. The van der Waals surface area contributed by atoms with Gasteiger partial charge in [0.1, 0.15) is 0 Å². The molecule has 1 saturated carbocycles. The summed E-state index contributed by atoms with van der Waals surface area (Å²) < 4.78 is 0. The smallest absolute Gasteiger partial charge is 0.252 e. The van der Waals surface area contributed by atoms with Gasteiger partial charge in [0.25, 0.3) is 5.91 Å². The zero-order chi connectivity index (χ0) is 14.7. The molecule has 3 rings (SSSR count). The Kier molecular flexibility index (Phi) is 3.93. The molecule has 0 unspecified atom stereocenters. The van der Waals surface area contributed by atoms with Crippen molar-refractivity contribution >= 4 is 17.5 Å². The first kappa shape index (κ1) is 14.1. The molecule has 2 aromatic rings. The van der Waals surface area contributed by atoms with Crippen LogP contribution in [0.15, 0.2) is 48.8 Å². The number of halogens is 1. The number of aromatic nitrogens is 1. The predicted molar refractivity (Wildman–Crippen MR) is 83.6 cm³/mol. The van der Waals surface area contributed by atoms with Crippen LogP contribution in [0.4, 0.5) is 0 Å². The van der Waals surface area contributed by atoms with E-state index >= 15 is 0 Å². The number of amides is 1. The zero-order valence-electron chi connectivity index (χ0n) is 11.7. The summed E-state index contributed by atoms with van der Waals surface area (Å²) in [5.74, 6) is -0.0664. The van der Waals surface area contributed by atoms with Crippen LogP contribution in [0.1, 0.15) is 35.2 Å². The van der Waals surface area contributed by atoms with Crippen LogP contribution in [0.25, 0.3) is 0 Å². The summed E-state index contributed by atoms with van der Waals surface area (Å²) in [7, 11) is 0. The number of carbonyl (C=O) groups is 1. The van der Waals surface area contributed by atoms with E-state index in [9.17, 15) is 4.79 Å². The highest BCUT2D eigenvalue weighted by Gasteiger charge is 2.38. The number of nitrogens with one attached hydrogen (secondary N) is 1. The molecule has 3 nitrogen and oxygen atoms in total. The Morgan fingerprint density at radius 2 is 2.00 bits per heavy atom. The maximum atomic E-state index is 12.1. The van der Waals surface area contributed by atoms with E-state index in [1.54, 1.807) is 24.5 Å². The van der Waals surface area contributed by atoms with Gasteiger partial charge in [0.15, 0.2) is 0 Å². The van der Waals surface area contributed by atoms with Gasteiger partial charge in [-0.15, -0.1) is 0 Å². The molecule has 1 aliphatic carbocycles. The second kappa shape index (κ2) is 5.86. The van der Waals surface area contributed by atoms with Gasteiger partial charge in [-0.25, -0.2) is 0 Å². The van der Waals surface area contributed by atoms with Crippen LogP contribution < -0.4 is 5.32 Å². The molecule has 0 aliphatic heterocycles. The molecule has 1 N–H and O–H groups in total. The van der Waals surface area contributed by atoms with E-state index in [2.05, 4.69) is 22.4 Å². The number of benzene rings is 1. The van der Waals surface area contributed by atoms with E-state index in [0.29, 0.717) is 12.1 Å². The highest BCUT2D eigenvalue weighted by Crippen LogP contribution is 2.43. The normalized spacial score (nSPS) is 16.0. The van der Waals surface area contributed by atoms with Gasteiger partial charge in [0, 0.05) is 29.4 Å². The maximum Gasteiger partial charge on any atom is 0.252 e. The summed E-state index contributed by atoms with van der Waals surface area (Å²) in [6.07, 6.45) is 6.65.